The molecule has 1 aromatic heterocycles. The van der Waals surface area contributed by atoms with E-state index in [9.17, 15) is 13.2 Å². The van der Waals surface area contributed by atoms with Gasteiger partial charge in [0.05, 0.1) is 36.0 Å². The zero-order valence-corrected chi connectivity index (χ0v) is 19.9. The van der Waals surface area contributed by atoms with E-state index in [2.05, 4.69) is 15.6 Å². The number of piperazine rings is 1. The van der Waals surface area contributed by atoms with Gasteiger partial charge in [0, 0.05) is 44.5 Å². The van der Waals surface area contributed by atoms with Crippen LogP contribution in [-0.4, -0.2) is 73.8 Å². The predicted octanol–water partition coefficient (Wildman–Crippen LogP) is 2.66. The number of rotatable bonds is 8. The number of amides is 2. The molecule has 1 fully saturated rings. The molecule has 33 heavy (non-hydrogen) atoms. The molecule has 2 N–H and O–H groups in total. The lowest BCUT2D eigenvalue weighted by molar-refractivity contribution is 0.0659. The van der Waals surface area contributed by atoms with Gasteiger partial charge in [-0.25, -0.2) is 17.6 Å². The largest absolute Gasteiger partial charge is 0.383 e. The van der Waals surface area contributed by atoms with Crippen molar-refractivity contribution in [1.82, 2.24) is 14.2 Å². The number of carbonyl (C=O) groups excluding carboxylic acids is 1. The van der Waals surface area contributed by atoms with E-state index in [1.165, 1.54) is 23.7 Å². The van der Waals surface area contributed by atoms with Crippen molar-refractivity contribution in [3.05, 3.63) is 53.6 Å². The summed E-state index contributed by atoms with van der Waals surface area (Å²) in [6.45, 7) is 5.20. The minimum absolute atomic E-state index is 0.0241. The molecular weight excluding hydrogens is 449 g/mol. The minimum atomic E-state index is -3.35. The highest BCUT2D eigenvalue weighted by Gasteiger charge is 2.34. The van der Waals surface area contributed by atoms with Crippen LogP contribution in [0, 0.1) is 12.7 Å². The molecule has 2 aromatic rings. The normalized spacial score (nSPS) is 17.6. The van der Waals surface area contributed by atoms with Crippen LogP contribution in [0.5, 0.6) is 0 Å². The second-order valence-electron chi connectivity index (χ2n) is 7.90. The number of methoxy groups -OCH3 is 1. The molecule has 9 nitrogen and oxygen atoms in total. The lowest BCUT2D eigenvalue weighted by atomic mass is 10.1. The third-order valence-electron chi connectivity index (χ3n) is 5.48. The summed E-state index contributed by atoms with van der Waals surface area (Å²) in [7, 11) is -1.82. The van der Waals surface area contributed by atoms with Crippen LogP contribution >= 0.6 is 0 Å². The highest BCUT2D eigenvalue weighted by atomic mass is 32.2. The van der Waals surface area contributed by atoms with Crippen LogP contribution in [0.1, 0.15) is 18.2 Å². The molecule has 2 heterocycles. The summed E-state index contributed by atoms with van der Waals surface area (Å²) < 4.78 is 46.6. The lowest BCUT2D eigenvalue weighted by Crippen LogP contribution is -2.56. The van der Waals surface area contributed by atoms with E-state index >= 15 is 4.39 Å². The molecule has 0 unspecified atom stereocenters. The molecule has 0 spiro atoms. The number of anilines is 2. The number of pyridine rings is 1. The number of sulfonamides is 1. The van der Waals surface area contributed by atoms with Gasteiger partial charge in [-0.1, -0.05) is 12.1 Å². The van der Waals surface area contributed by atoms with Gasteiger partial charge in [-0.15, -0.1) is 0 Å². The Morgan fingerprint density at radius 2 is 2.03 bits per heavy atom. The number of urea groups is 1. The molecule has 0 radical (unpaired) electrons. The van der Waals surface area contributed by atoms with Crippen LogP contribution in [0.2, 0.25) is 0 Å². The van der Waals surface area contributed by atoms with Crippen LogP contribution in [0.3, 0.4) is 0 Å². The Morgan fingerprint density at radius 1 is 1.24 bits per heavy atom. The van der Waals surface area contributed by atoms with Gasteiger partial charge in [0.2, 0.25) is 10.0 Å². The van der Waals surface area contributed by atoms with E-state index in [1.807, 2.05) is 11.8 Å². The summed E-state index contributed by atoms with van der Waals surface area (Å²) in [4.78, 5) is 18.4. The van der Waals surface area contributed by atoms with Crippen molar-refractivity contribution in [3.63, 3.8) is 0 Å². The first kappa shape index (κ1) is 25.0. The first-order valence-corrected chi connectivity index (χ1v) is 12.3. The van der Waals surface area contributed by atoms with Crippen LogP contribution in [0.25, 0.3) is 0 Å². The Balaban J connectivity index is 1.66. The topological polar surface area (TPSA) is 104 Å². The van der Waals surface area contributed by atoms with Gasteiger partial charge in [0.15, 0.2) is 5.82 Å². The van der Waals surface area contributed by atoms with Gasteiger partial charge in [0.25, 0.3) is 0 Å². The Kier molecular flexibility index (Phi) is 8.35. The van der Waals surface area contributed by atoms with Crippen molar-refractivity contribution in [2.75, 3.05) is 49.7 Å². The van der Waals surface area contributed by atoms with Crippen molar-refractivity contribution in [3.8, 4) is 0 Å². The number of nitrogens with one attached hydrogen (secondary N) is 2. The zero-order valence-electron chi connectivity index (χ0n) is 19.0. The molecule has 1 aliphatic heterocycles. The number of halogens is 1. The quantitative estimate of drug-likeness (QED) is 0.603. The van der Waals surface area contributed by atoms with Crippen LogP contribution in [-0.2, 0) is 21.3 Å². The monoisotopic (exact) mass is 479 g/mol. The third kappa shape index (κ3) is 6.47. The summed E-state index contributed by atoms with van der Waals surface area (Å²) in [5.41, 5.74) is 1.79. The first-order valence-electron chi connectivity index (χ1n) is 10.7. The molecule has 1 saturated heterocycles. The standard InChI is InChI=1S/C22H30FN5O4S/c1-4-33(30,31)28-11-10-27(14-19(28)15-32-3)13-17-6-5-7-20(21(17)23)26-22(29)25-18-9-8-16(2)24-12-18/h5-9,12,19H,4,10-11,13-15H2,1-3H3,(H2,25,26,29)/t19-/m0/s1. The van der Waals surface area contributed by atoms with Crippen molar-refractivity contribution in [1.29, 1.82) is 0 Å². The molecule has 1 aliphatic rings. The summed E-state index contributed by atoms with van der Waals surface area (Å²) >= 11 is 0. The number of benzene rings is 1. The molecule has 180 valence electrons. The number of hydrogen-bond donors (Lipinski definition) is 2. The number of hydrogen-bond acceptors (Lipinski definition) is 6. The molecule has 2 amide bonds. The SMILES string of the molecule is CCS(=O)(=O)N1CCN(Cc2cccc(NC(=O)Nc3ccc(C)nc3)c2F)C[C@H]1COC. The summed E-state index contributed by atoms with van der Waals surface area (Å²) in [6, 6.07) is 7.38. The Labute approximate surface area is 194 Å². The fourth-order valence-corrected chi connectivity index (χ4v) is 5.05. The smallest absolute Gasteiger partial charge is 0.323 e. The maximum atomic E-state index is 15.1. The molecule has 0 aliphatic carbocycles. The fourth-order valence-electron chi connectivity index (χ4n) is 3.77. The van der Waals surface area contributed by atoms with Crippen molar-refractivity contribution in [2.45, 2.75) is 26.4 Å². The number of ether oxygens (including phenoxy) is 1. The number of aromatic nitrogens is 1. The van der Waals surface area contributed by atoms with E-state index in [1.54, 1.807) is 31.2 Å². The van der Waals surface area contributed by atoms with Gasteiger partial charge in [-0.2, -0.15) is 4.31 Å². The Bertz CT molecular complexity index is 1060. The summed E-state index contributed by atoms with van der Waals surface area (Å²) in [5, 5.41) is 5.16. The van der Waals surface area contributed by atoms with E-state index < -0.39 is 21.9 Å². The number of nitrogens with zero attached hydrogens (tertiary/aromatic N) is 3. The van der Waals surface area contributed by atoms with Gasteiger partial charge < -0.3 is 15.4 Å². The zero-order chi connectivity index (χ0) is 24.0. The van der Waals surface area contributed by atoms with Gasteiger partial charge >= 0.3 is 6.03 Å². The van der Waals surface area contributed by atoms with E-state index in [0.29, 0.717) is 30.9 Å². The Morgan fingerprint density at radius 3 is 2.70 bits per heavy atom. The molecule has 3 rings (SSSR count). The van der Waals surface area contributed by atoms with Crippen LogP contribution in [0.4, 0.5) is 20.6 Å². The van der Waals surface area contributed by atoms with Crippen molar-refractivity contribution in [2.24, 2.45) is 0 Å². The molecule has 0 saturated carbocycles. The average Bonchev–Trinajstić information content (AvgIpc) is 2.78. The maximum absolute atomic E-state index is 15.1. The minimum Gasteiger partial charge on any atom is -0.383 e. The van der Waals surface area contributed by atoms with Gasteiger partial charge in [0.1, 0.15) is 0 Å². The molecule has 1 aromatic carbocycles. The van der Waals surface area contributed by atoms with E-state index in [0.717, 1.165) is 5.69 Å². The highest BCUT2D eigenvalue weighted by Crippen LogP contribution is 2.22. The molecule has 0 bridgehead atoms. The number of aryl methyl sites for hydroxylation is 1. The summed E-state index contributed by atoms with van der Waals surface area (Å²) in [5.74, 6) is -0.502. The predicted molar refractivity (Wildman–Crippen MR) is 125 cm³/mol. The van der Waals surface area contributed by atoms with E-state index in [4.69, 9.17) is 4.74 Å². The maximum Gasteiger partial charge on any atom is 0.323 e. The number of carbonyl (C=O) groups is 1. The molecular formula is C22H30FN5O4S. The second-order valence-corrected chi connectivity index (χ2v) is 10.1. The molecule has 11 heteroatoms. The first-order chi connectivity index (χ1) is 15.7. The second kappa shape index (κ2) is 11.0. The average molecular weight is 480 g/mol. The van der Waals surface area contributed by atoms with Crippen LogP contribution in [0.15, 0.2) is 36.5 Å². The third-order valence-corrected chi connectivity index (χ3v) is 7.41. The lowest BCUT2D eigenvalue weighted by Gasteiger charge is -2.40. The summed E-state index contributed by atoms with van der Waals surface area (Å²) in [6.07, 6.45) is 1.52. The van der Waals surface area contributed by atoms with Crippen LogP contribution < -0.4 is 10.6 Å². The van der Waals surface area contributed by atoms with Crippen molar-refractivity contribution >= 4 is 27.4 Å². The fraction of sp³-hybridized carbons (Fsp3) is 0.455. The Hall–Kier alpha value is -2.60. The van der Waals surface area contributed by atoms with Gasteiger partial charge in [-0.05, 0) is 32.0 Å². The molecule has 1 atom stereocenters. The highest BCUT2D eigenvalue weighted by molar-refractivity contribution is 7.89. The van der Waals surface area contributed by atoms with E-state index in [-0.39, 0.29) is 30.6 Å². The van der Waals surface area contributed by atoms with Gasteiger partial charge in [-0.3, -0.25) is 9.88 Å². The van der Waals surface area contributed by atoms with Crippen molar-refractivity contribution < 1.29 is 22.3 Å².